The van der Waals surface area contributed by atoms with Crippen molar-refractivity contribution in [2.45, 2.75) is 78.1 Å². The fourth-order valence-electron chi connectivity index (χ4n) is 2.57. The van der Waals surface area contributed by atoms with Gasteiger partial charge < -0.3 is 17.2 Å². The molecule has 0 spiro atoms. The zero-order valence-corrected chi connectivity index (χ0v) is 14.5. The Morgan fingerprint density at radius 1 is 0.955 bits per heavy atom. The Morgan fingerprint density at radius 3 is 1.95 bits per heavy atom. The smallest absolute Gasteiger partial charge is 0.209 e. The topological polar surface area (TPSA) is 118 Å². The molecule has 0 aliphatic heterocycles. The third-order valence-corrected chi connectivity index (χ3v) is 3.99. The number of rotatable bonds is 13. The van der Waals surface area contributed by atoms with Gasteiger partial charge in [0.15, 0.2) is 0 Å². The molecule has 130 valence electrons. The summed E-state index contributed by atoms with van der Waals surface area (Å²) < 4.78 is 0. The van der Waals surface area contributed by atoms with Gasteiger partial charge in [-0.2, -0.15) is 0 Å². The van der Waals surface area contributed by atoms with Gasteiger partial charge in [0, 0.05) is 6.54 Å². The van der Waals surface area contributed by atoms with E-state index < -0.39 is 0 Å². The minimum atomic E-state index is -0.109. The van der Waals surface area contributed by atoms with Gasteiger partial charge in [-0.05, 0) is 12.3 Å². The summed E-state index contributed by atoms with van der Waals surface area (Å²) in [5.74, 6) is 0.298. The Kier molecular flexibility index (Phi) is 12.3. The number of hydrogen-bond acceptors (Lipinski definition) is 2. The summed E-state index contributed by atoms with van der Waals surface area (Å²) in [4.78, 5) is 0. The lowest BCUT2D eigenvalue weighted by Crippen LogP contribution is -2.39. The van der Waals surface area contributed by atoms with Crippen LogP contribution in [0.1, 0.15) is 78.1 Å². The zero-order valence-electron chi connectivity index (χ0n) is 14.5. The van der Waals surface area contributed by atoms with Gasteiger partial charge in [0.2, 0.25) is 11.9 Å². The minimum Gasteiger partial charge on any atom is -0.369 e. The van der Waals surface area contributed by atoms with Crippen LogP contribution in [0.5, 0.6) is 0 Å². The monoisotopic (exact) mass is 312 g/mol. The number of hydrogen-bond donors (Lipinski definition) is 4. The maximum atomic E-state index is 7.52. The molecule has 0 amide bonds. The fourth-order valence-corrected chi connectivity index (χ4v) is 2.57. The number of nitrogens with one attached hydrogen (secondary N) is 1. The first-order valence-electron chi connectivity index (χ1n) is 8.72. The highest BCUT2D eigenvalue weighted by Gasteiger charge is 2.13. The lowest BCUT2D eigenvalue weighted by Gasteiger charge is -2.23. The van der Waals surface area contributed by atoms with Crippen molar-refractivity contribution in [3.8, 4) is 0 Å². The van der Waals surface area contributed by atoms with Gasteiger partial charge in [-0.1, -0.05) is 71.6 Å². The molecule has 0 rings (SSSR count). The second-order valence-corrected chi connectivity index (χ2v) is 6.03. The molecule has 22 heavy (non-hydrogen) atoms. The summed E-state index contributed by atoms with van der Waals surface area (Å²) in [6.07, 6.45) is 12.8. The van der Waals surface area contributed by atoms with Crippen LogP contribution in [0.2, 0.25) is 0 Å². The van der Waals surface area contributed by atoms with E-state index in [4.69, 9.17) is 22.6 Å². The standard InChI is InChI=1S/C16H36N6/c1-3-5-6-7-8-9-10-11-12-14(4-2)13-22(16(19)20)21-15(17)18/h14H,3-13H2,1-2H3,(H3,19,20)(H4,17,18,21). The third kappa shape index (κ3) is 11.2. The second-order valence-electron chi connectivity index (χ2n) is 6.03. The van der Waals surface area contributed by atoms with Gasteiger partial charge in [0.25, 0.3) is 0 Å². The summed E-state index contributed by atoms with van der Waals surface area (Å²) in [6, 6.07) is 0. The largest absolute Gasteiger partial charge is 0.369 e. The van der Waals surface area contributed by atoms with Crippen LogP contribution in [0, 0.1) is 11.3 Å². The summed E-state index contributed by atoms with van der Waals surface area (Å²) in [5.41, 5.74) is 16.3. The molecule has 0 aromatic heterocycles. The third-order valence-electron chi connectivity index (χ3n) is 3.99. The number of nitrogens with zero attached hydrogens (tertiary/aromatic N) is 2. The molecule has 0 aromatic carbocycles. The zero-order chi connectivity index (χ0) is 16.8. The van der Waals surface area contributed by atoms with Gasteiger partial charge >= 0.3 is 0 Å². The number of nitrogens with two attached hydrogens (primary N) is 3. The molecule has 6 nitrogen and oxygen atoms in total. The van der Waals surface area contributed by atoms with E-state index in [0.29, 0.717) is 12.5 Å². The highest BCUT2D eigenvalue weighted by molar-refractivity contribution is 5.80. The van der Waals surface area contributed by atoms with Crippen molar-refractivity contribution in [3.05, 3.63) is 0 Å². The fraction of sp³-hybridized carbons (Fsp3) is 0.875. The molecular formula is C16H36N6. The molecule has 0 radical (unpaired) electrons. The summed E-state index contributed by atoms with van der Waals surface area (Å²) in [5, 5.41) is 12.8. The van der Waals surface area contributed by atoms with Gasteiger partial charge in [-0.3, -0.25) is 5.41 Å². The van der Waals surface area contributed by atoms with E-state index in [1.54, 1.807) is 0 Å². The van der Waals surface area contributed by atoms with E-state index in [1.807, 2.05) is 0 Å². The Bertz CT molecular complexity index is 312. The summed E-state index contributed by atoms with van der Waals surface area (Å²) in [7, 11) is 0. The average Bonchev–Trinajstić information content (AvgIpc) is 2.47. The molecule has 0 bridgehead atoms. The van der Waals surface area contributed by atoms with Crippen molar-refractivity contribution in [3.63, 3.8) is 0 Å². The van der Waals surface area contributed by atoms with Gasteiger partial charge in [-0.15, -0.1) is 5.10 Å². The van der Waals surface area contributed by atoms with Crippen molar-refractivity contribution in [1.29, 1.82) is 5.41 Å². The van der Waals surface area contributed by atoms with Crippen LogP contribution in [0.25, 0.3) is 0 Å². The summed E-state index contributed by atoms with van der Waals surface area (Å²) in [6.45, 7) is 5.01. The van der Waals surface area contributed by atoms with Crippen LogP contribution in [0.3, 0.4) is 0 Å². The molecular weight excluding hydrogens is 276 g/mol. The Morgan fingerprint density at radius 2 is 1.50 bits per heavy atom. The van der Waals surface area contributed by atoms with Crippen LogP contribution >= 0.6 is 0 Å². The number of hydrazone groups is 1. The minimum absolute atomic E-state index is 0.0582. The van der Waals surface area contributed by atoms with E-state index >= 15 is 0 Å². The Balaban J connectivity index is 3.91. The maximum absolute atomic E-state index is 7.52. The van der Waals surface area contributed by atoms with E-state index in [0.717, 1.165) is 12.8 Å². The molecule has 0 saturated heterocycles. The molecule has 0 aromatic rings. The molecule has 1 unspecified atom stereocenters. The predicted octanol–water partition coefficient (Wildman–Crippen LogP) is 2.93. The predicted molar refractivity (Wildman–Crippen MR) is 95.4 cm³/mol. The molecule has 6 heteroatoms. The normalized spacial score (nSPS) is 11.9. The van der Waals surface area contributed by atoms with Gasteiger partial charge in [0.05, 0.1) is 0 Å². The average molecular weight is 313 g/mol. The number of guanidine groups is 2. The van der Waals surface area contributed by atoms with E-state index in [2.05, 4.69) is 18.9 Å². The van der Waals surface area contributed by atoms with Crippen LogP contribution < -0.4 is 17.2 Å². The lowest BCUT2D eigenvalue weighted by atomic mass is 9.97. The first-order valence-corrected chi connectivity index (χ1v) is 8.72. The maximum Gasteiger partial charge on any atom is 0.209 e. The lowest BCUT2D eigenvalue weighted by molar-refractivity contribution is 0.315. The first kappa shape index (κ1) is 20.5. The van der Waals surface area contributed by atoms with Crippen molar-refractivity contribution in [1.82, 2.24) is 5.01 Å². The van der Waals surface area contributed by atoms with Gasteiger partial charge in [0.1, 0.15) is 0 Å². The van der Waals surface area contributed by atoms with E-state index in [1.165, 1.54) is 56.4 Å². The molecule has 0 fully saturated rings. The number of unbranched alkanes of at least 4 members (excludes halogenated alkanes) is 7. The van der Waals surface area contributed by atoms with E-state index in [9.17, 15) is 0 Å². The van der Waals surface area contributed by atoms with Crippen LogP contribution in [-0.4, -0.2) is 23.5 Å². The highest BCUT2D eigenvalue weighted by atomic mass is 15.5. The quantitative estimate of drug-likeness (QED) is 0.181. The molecule has 0 aliphatic rings. The SMILES string of the molecule is CCCCCCCCCCC(CC)CN(N=C(N)N)C(=N)N. The van der Waals surface area contributed by atoms with Crippen molar-refractivity contribution in [2.75, 3.05) is 6.54 Å². The molecule has 0 aliphatic carbocycles. The van der Waals surface area contributed by atoms with E-state index in [-0.39, 0.29) is 11.9 Å². The highest BCUT2D eigenvalue weighted by Crippen LogP contribution is 2.17. The molecule has 0 saturated carbocycles. The Labute approximate surface area is 136 Å². The molecule has 0 heterocycles. The molecule has 7 N–H and O–H groups in total. The second kappa shape index (κ2) is 13.2. The van der Waals surface area contributed by atoms with Crippen molar-refractivity contribution >= 4 is 11.9 Å². The van der Waals surface area contributed by atoms with Crippen LogP contribution in [0.15, 0.2) is 5.10 Å². The van der Waals surface area contributed by atoms with Crippen molar-refractivity contribution in [2.24, 2.45) is 28.2 Å². The first-order chi connectivity index (χ1) is 10.5. The summed E-state index contributed by atoms with van der Waals surface area (Å²) >= 11 is 0. The Hall–Kier alpha value is -1.46. The van der Waals surface area contributed by atoms with Gasteiger partial charge in [-0.25, -0.2) is 5.01 Å². The molecule has 1 atom stereocenters. The van der Waals surface area contributed by atoms with Crippen LogP contribution in [-0.2, 0) is 0 Å². The van der Waals surface area contributed by atoms with Crippen molar-refractivity contribution < 1.29 is 0 Å². The van der Waals surface area contributed by atoms with Crippen LogP contribution in [0.4, 0.5) is 0 Å².